The maximum absolute atomic E-state index is 5.63. The summed E-state index contributed by atoms with van der Waals surface area (Å²) in [7, 11) is 0. The van der Waals surface area contributed by atoms with Crippen molar-refractivity contribution in [3.05, 3.63) is 58.7 Å². The van der Waals surface area contributed by atoms with E-state index >= 15 is 0 Å². The van der Waals surface area contributed by atoms with Crippen LogP contribution in [0.5, 0.6) is 0 Å². The van der Waals surface area contributed by atoms with Gasteiger partial charge in [-0.05, 0) is 124 Å². The molecule has 0 bridgehead atoms. The van der Waals surface area contributed by atoms with E-state index in [9.17, 15) is 0 Å². The summed E-state index contributed by atoms with van der Waals surface area (Å²) in [5, 5.41) is 0. The van der Waals surface area contributed by atoms with Crippen LogP contribution in [-0.2, 0) is 46.1 Å². The molecule has 0 saturated carbocycles. The number of aryl methyl sites for hydroxylation is 4. The minimum atomic E-state index is 0. The molecule has 0 heterocycles. The second-order valence-electron chi connectivity index (χ2n) is 22.6. The fraction of sp³-hybridized carbons (Fsp3) is 0.797. The molecule has 0 aliphatic heterocycles. The first-order valence-corrected chi connectivity index (χ1v) is 32.5. The molecule has 0 N–H and O–H groups in total. The van der Waals surface area contributed by atoms with Crippen molar-refractivity contribution in [3.63, 3.8) is 0 Å². The van der Waals surface area contributed by atoms with Gasteiger partial charge in [0.15, 0.2) is 0 Å². The Bertz CT molecular complexity index is 1540. The van der Waals surface area contributed by atoms with Crippen molar-refractivity contribution in [1.82, 2.24) is 0 Å². The second kappa shape index (κ2) is 51.5. The molecule has 0 saturated heterocycles. The predicted octanol–water partition coefficient (Wildman–Crippen LogP) is 24.4. The smallest absolute Gasteiger partial charge is 0.0636 e. The van der Waals surface area contributed by atoms with Gasteiger partial charge < -0.3 is 0 Å². The molecule has 0 aliphatic carbocycles. The van der Waals surface area contributed by atoms with Crippen molar-refractivity contribution in [2.45, 2.75) is 356 Å². The third-order valence-electron chi connectivity index (χ3n) is 15.7. The molecule has 0 aliphatic rings. The quantitative estimate of drug-likeness (QED) is 0.0358. The van der Waals surface area contributed by atoms with Gasteiger partial charge in [-0.25, -0.2) is 0 Å². The van der Waals surface area contributed by atoms with Crippen molar-refractivity contribution in [3.8, 4) is 0 Å². The molecule has 0 unspecified atom stereocenters. The van der Waals surface area contributed by atoms with Gasteiger partial charge in [0.05, 0.1) is 22.8 Å². The molecule has 2 rings (SSSR count). The molecule has 0 atom stereocenters. The average Bonchev–Trinajstić information content (AvgIpc) is 3.38. The number of rotatable bonds is 52. The zero-order valence-electron chi connectivity index (χ0n) is 49.3. The number of unbranched alkanes of at least 4 members (excludes halogenated alkanes) is 37. The van der Waals surface area contributed by atoms with Gasteiger partial charge in [-0.15, -0.1) is 0 Å². The van der Waals surface area contributed by atoms with Gasteiger partial charge in [0.1, 0.15) is 0 Å². The summed E-state index contributed by atoms with van der Waals surface area (Å²) in [4.78, 5) is 11.2. The van der Waals surface area contributed by atoms with Crippen molar-refractivity contribution >= 4 is 22.8 Å². The normalized spacial score (nSPS) is 12.0. The van der Waals surface area contributed by atoms with E-state index in [0.717, 1.165) is 24.2 Å². The number of aliphatic imine (C=N–C) groups is 2. The van der Waals surface area contributed by atoms with E-state index in [1.807, 2.05) is 0 Å². The molecule has 2 aromatic carbocycles. The first-order chi connectivity index (χ1) is 35.1. The summed E-state index contributed by atoms with van der Waals surface area (Å²) in [5.41, 5.74) is 11.0. The van der Waals surface area contributed by atoms with Crippen LogP contribution in [0.15, 0.2) is 46.4 Å². The average molecular weight is 1090 g/mol. The van der Waals surface area contributed by atoms with E-state index in [1.165, 1.54) is 313 Å². The van der Waals surface area contributed by atoms with E-state index in [-0.39, 0.29) is 20.4 Å². The molecule has 2 nitrogen and oxygen atoms in total. The zero-order chi connectivity index (χ0) is 50.9. The molecule has 0 aromatic heterocycles. The number of hydrogen-bond donors (Lipinski definition) is 0. The van der Waals surface area contributed by atoms with Gasteiger partial charge in [-0.1, -0.05) is 291 Å². The first-order valence-electron chi connectivity index (χ1n) is 32.5. The van der Waals surface area contributed by atoms with Crippen LogP contribution in [-0.4, -0.2) is 11.4 Å². The first kappa shape index (κ1) is 68.5. The van der Waals surface area contributed by atoms with Gasteiger partial charge >= 0.3 is 0 Å². The van der Waals surface area contributed by atoms with Gasteiger partial charge in [0.25, 0.3) is 0 Å². The van der Waals surface area contributed by atoms with Crippen LogP contribution in [0.3, 0.4) is 0 Å². The molecule has 3 heteroatoms. The fourth-order valence-electron chi connectivity index (χ4n) is 10.9. The Morgan fingerprint density at radius 2 is 0.458 bits per heavy atom. The number of hydrogen-bond acceptors (Lipinski definition) is 2. The largest absolute Gasteiger partial charge is 0.252 e. The summed E-state index contributed by atoms with van der Waals surface area (Å²) >= 11 is 0. The molecule has 418 valence electrons. The van der Waals surface area contributed by atoms with E-state index < -0.39 is 0 Å². The van der Waals surface area contributed by atoms with Crippen LogP contribution in [0, 0.1) is 0 Å². The van der Waals surface area contributed by atoms with Crippen LogP contribution in [0.1, 0.15) is 353 Å². The standard InChI is InChI=1S/C69H122N2.Pd/c1-7-13-19-20-21-22-23-24-25-26-27-28-29-30-31-32-33-34-35-36-37-38-39-40-41-42-43-49-55-69(71-67-59-57-63(51-45-15-9-3)65(61-67)53-47-17-11-5)68(54-48-18-12-6)70-66-58-56-62(50-44-14-8-2)64(60-66)52-46-16-10-4;/h56-61H,7-55H2,1-6H3;/b70-68+,71-69+;. The van der Waals surface area contributed by atoms with Crippen molar-refractivity contribution in [1.29, 1.82) is 0 Å². The molecule has 0 fully saturated rings. The predicted molar refractivity (Wildman–Crippen MR) is 324 cm³/mol. The minimum Gasteiger partial charge on any atom is -0.252 e. The van der Waals surface area contributed by atoms with Gasteiger partial charge in [0, 0.05) is 20.4 Å². The Morgan fingerprint density at radius 3 is 0.736 bits per heavy atom. The molecular weight excluding hydrogens is 963 g/mol. The summed E-state index contributed by atoms with van der Waals surface area (Å²) < 4.78 is 0. The van der Waals surface area contributed by atoms with Crippen molar-refractivity contribution in [2.75, 3.05) is 0 Å². The molecule has 0 amide bonds. The third-order valence-corrected chi connectivity index (χ3v) is 15.7. The third kappa shape index (κ3) is 37.2. The second-order valence-corrected chi connectivity index (χ2v) is 22.6. The van der Waals surface area contributed by atoms with Crippen molar-refractivity contribution < 1.29 is 20.4 Å². The van der Waals surface area contributed by atoms with Gasteiger partial charge in [-0.2, -0.15) is 0 Å². The summed E-state index contributed by atoms with van der Waals surface area (Å²) in [5.74, 6) is 0. The summed E-state index contributed by atoms with van der Waals surface area (Å²) in [6.07, 6.45) is 66.2. The summed E-state index contributed by atoms with van der Waals surface area (Å²) in [6, 6.07) is 14.5. The number of nitrogens with zero attached hydrogens (tertiary/aromatic N) is 2. The van der Waals surface area contributed by atoms with E-state index in [0.29, 0.717) is 0 Å². The SMILES string of the molecule is CCCCCCCCCCCCCCCCCCCCCCCCCCCCCCC(=N\c1ccc(CCCCC)c(CCCCC)c1)/C(CCCCC)=N/c1ccc(CCCCC)c(CCCCC)c1.[Pd]. The van der Waals surface area contributed by atoms with Crippen LogP contribution in [0.25, 0.3) is 0 Å². The van der Waals surface area contributed by atoms with E-state index in [2.05, 4.69) is 77.9 Å². The Labute approximate surface area is 465 Å². The maximum Gasteiger partial charge on any atom is 0.0636 e. The molecule has 2 aromatic rings. The Kier molecular flexibility index (Phi) is 49.0. The molecule has 0 radical (unpaired) electrons. The van der Waals surface area contributed by atoms with Gasteiger partial charge in [-0.3, -0.25) is 9.98 Å². The van der Waals surface area contributed by atoms with Crippen LogP contribution in [0.4, 0.5) is 11.4 Å². The van der Waals surface area contributed by atoms with Crippen LogP contribution < -0.4 is 0 Å². The minimum absolute atomic E-state index is 0. The summed E-state index contributed by atoms with van der Waals surface area (Å²) in [6.45, 7) is 13.9. The zero-order valence-corrected chi connectivity index (χ0v) is 50.9. The Hall–Kier alpha value is -1.56. The number of benzene rings is 2. The van der Waals surface area contributed by atoms with E-state index in [1.54, 1.807) is 22.3 Å². The van der Waals surface area contributed by atoms with Gasteiger partial charge in [0.2, 0.25) is 0 Å². The Morgan fingerprint density at radius 1 is 0.250 bits per heavy atom. The van der Waals surface area contributed by atoms with Crippen LogP contribution >= 0.6 is 0 Å². The van der Waals surface area contributed by atoms with Crippen molar-refractivity contribution in [2.24, 2.45) is 9.98 Å². The monoisotopic (exact) mass is 1080 g/mol. The van der Waals surface area contributed by atoms with E-state index in [4.69, 9.17) is 9.98 Å². The maximum atomic E-state index is 5.63. The fourth-order valence-corrected chi connectivity index (χ4v) is 10.9. The Balaban J connectivity index is 0.0000259. The molecule has 72 heavy (non-hydrogen) atoms. The topological polar surface area (TPSA) is 24.7 Å². The van der Waals surface area contributed by atoms with Crippen LogP contribution in [0.2, 0.25) is 0 Å². The molecule has 0 spiro atoms. The molecular formula is C69H122N2Pd.